The Kier molecular flexibility index (Phi) is 4.01. The lowest BCUT2D eigenvalue weighted by Gasteiger charge is -2.25. The van der Waals surface area contributed by atoms with Gasteiger partial charge >= 0.3 is 0 Å². The van der Waals surface area contributed by atoms with Gasteiger partial charge in [0.25, 0.3) is 0 Å². The number of ketones is 1. The molecule has 0 spiro atoms. The summed E-state index contributed by atoms with van der Waals surface area (Å²) < 4.78 is 0. The van der Waals surface area contributed by atoms with Crippen molar-refractivity contribution in [1.29, 1.82) is 0 Å². The van der Waals surface area contributed by atoms with Crippen molar-refractivity contribution in [2.45, 2.75) is 6.92 Å². The van der Waals surface area contributed by atoms with Gasteiger partial charge in [-0.15, -0.1) is 0 Å². The standard InChI is InChI=1S/C20H17NO/c1-16(22)17-12-14-20(15-13-17)21(18-8-4-2-5-9-18)19-10-6-3-7-11-19/h2-15H,1H3. The molecule has 0 heterocycles. The number of rotatable bonds is 4. The number of nitrogens with zero attached hydrogens (tertiary/aromatic N) is 1. The largest absolute Gasteiger partial charge is 0.311 e. The van der Waals surface area contributed by atoms with Crippen LogP contribution >= 0.6 is 0 Å². The van der Waals surface area contributed by atoms with E-state index in [-0.39, 0.29) is 5.78 Å². The number of benzene rings is 3. The third-order valence-corrected chi connectivity index (χ3v) is 3.56. The van der Waals surface area contributed by atoms with Crippen molar-refractivity contribution in [2.75, 3.05) is 4.90 Å². The predicted octanol–water partition coefficient (Wildman–Crippen LogP) is 5.36. The molecule has 0 fully saturated rings. The molecule has 0 atom stereocenters. The Morgan fingerprint density at radius 3 is 1.45 bits per heavy atom. The molecule has 0 saturated heterocycles. The van der Waals surface area contributed by atoms with Gasteiger partial charge in [0.2, 0.25) is 0 Å². The maximum atomic E-state index is 11.5. The van der Waals surface area contributed by atoms with Crippen molar-refractivity contribution in [3.8, 4) is 0 Å². The van der Waals surface area contributed by atoms with Crippen molar-refractivity contribution in [3.05, 3.63) is 90.5 Å². The first-order valence-electron chi connectivity index (χ1n) is 7.27. The quantitative estimate of drug-likeness (QED) is 0.602. The second-order valence-corrected chi connectivity index (χ2v) is 5.11. The van der Waals surface area contributed by atoms with Crippen LogP contribution in [0.2, 0.25) is 0 Å². The number of carbonyl (C=O) groups is 1. The first-order chi connectivity index (χ1) is 10.8. The highest BCUT2D eigenvalue weighted by atomic mass is 16.1. The van der Waals surface area contributed by atoms with Gasteiger partial charge in [-0.2, -0.15) is 0 Å². The fourth-order valence-corrected chi connectivity index (χ4v) is 2.45. The molecule has 2 heteroatoms. The summed E-state index contributed by atoms with van der Waals surface area (Å²) in [5.41, 5.74) is 3.93. The molecule has 0 amide bonds. The lowest BCUT2D eigenvalue weighted by molar-refractivity contribution is 0.101. The summed E-state index contributed by atoms with van der Waals surface area (Å²) in [7, 11) is 0. The van der Waals surface area contributed by atoms with Crippen molar-refractivity contribution < 1.29 is 4.79 Å². The minimum absolute atomic E-state index is 0.0810. The average molecular weight is 287 g/mol. The number of hydrogen-bond acceptors (Lipinski definition) is 2. The molecule has 0 aliphatic heterocycles. The molecular formula is C20H17NO. The number of para-hydroxylation sites is 2. The van der Waals surface area contributed by atoms with E-state index >= 15 is 0 Å². The number of anilines is 3. The molecule has 0 radical (unpaired) electrons. The average Bonchev–Trinajstić information content (AvgIpc) is 2.57. The van der Waals surface area contributed by atoms with Crippen molar-refractivity contribution in [1.82, 2.24) is 0 Å². The Hall–Kier alpha value is -2.87. The van der Waals surface area contributed by atoms with E-state index in [1.807, 2.05) is 60.7 Å². The van der Waals surface area contributed by atoms with Gasteiger partial charge < -0.3 is 4.90 Å². The minimum atomic E-state index is 0.0810. The van der Waals surface area contributed by atoms with Gasteiger partial charge in [-0.3, -0.25) is 4.79 Å². The SMILES string of the molecule is CC(=O)c1ccc(N(c2ccccc2)c2ccccc2)cc1. The van der Waals surface area contributed by atoms with E-state index in [9.17, 15) is 4.79 Å². The molecule has 0 N–H and O–H groups in total. The van der Waals surface area contributed by atoms with E-state index in [1.165, 1.54) is 0 Å². The highest BCUT2D eigenvalue weighted by molar-refractivity contribution is 5.94. The number of carbonyl (C=O) groups excluding carboxylic acids is 1. The van der Waals surface area contributed by atoms with Gasteiger partial charge in [0.15, 0.2) is 5.78 Å². The Bertz CT molecular complexity index is 709. The summed E-state index contributed by atoms with van der Waals surface area (Å²) in [6.45, 7) is 1.58. The molecule has 0 unspecified atom stereocenters. The second-order valence-electron chi connectivity index (χ2n) is 5.11. The van der Waals surface area contributed by atoms with Crippen molar-refractivity contribution in [2.24, 2.45) is 0 Å². The van der Waals surface area contributed by atoms with Crippen LogP contribution < -0.4 is 4.90 Å². The fourth-order valence-electron chi connectivity index (χ4n) is 2.45. The highest BCUT2D eigenvalue weighted by Gasteiger charge is 2.11. The lowest BCUT2D eigenvalue weighted by Crippen LogP contribution is -2.09. The van der Waals surface area contributed by atoms with Crippen LogP contribution in [-0.4, -0.2) is 5.78 Å². The second kappa shape index (κ2) is 6.27. The molecule has 108 valence electrons. The molecular weight excluding hydrogens is 270 g/mol. The van der Waals surface area contributed by atoms with Crippen LogP contribution in [0.1, 0.15) is 17.3 Å². The van der Waals surface area contributed by atoms with Gasteiger partial charge in [0.1, 0.15) is 0 Å². The number of hydrogen-bond donors (Lipinski definition) is 0. The van der Waals surface area contributed by atoms with Gasteiger partial charge in [0.05, 0.1) is 0 Å². The molecule has 3 rings (SSSR count). The van der Waals surface area contributed by atoms with E-state index in [2.05, 4.69) is 29.2 Å². The number of Topliss-reactive ketones (excluding diaryl/α,β-unsaturated/α-hetero) is 1. The van der Waals surface area contributed by atoms with Crippen molar-refractivity contribution in [3.63, 3.8) is 0 Å². The van der Waals surface area contributed by atoms with Crippen LogP contribution in [0.4, 0.5) is 17.1 Å². The predicted molar refractivity (Wildman–Crippen MR) is 91.1 cm³/mol. The van der Waals surface area contributed by atoms with Gasteiger partial charge in [-0.25, -0.2) is 0 Å². The molecule has 0 aliphatic carbocycles. The van der Waals surface area contributed by atoms with Crippen LogP contribution in [-0.2, 0) is 0 Å². The van der Waals surface area contributed by atoms with Gasteiger partial charge in [-0.05, 0) is 55.5 Å². The summed E-state index contributed by atoms with van der Waals surface area (Å²) >= 11 is 0. The summed E-state index contributed by atoms with van der Waals surface area (Å²) in [6, 6.07) is 28.1. The summed E-state index contributed by atoms with van der Waals surface area (Å²) in [4.78, 5) is 13.6. The van der Waals surface area contributed by atoms with Crippen LogP contribution in [0.5, 0.6) is 0 Å². The Balaban J connectivity index is 2.08. The van der Waals surface area contributed by atoms with E-state index < -0.39 is 0 Å². The molecule has 2 nitrogen and oxygen atoms in total. The zero-order chi connectivity index (χ0) is 15.4. The molecule has 3 aromatic carbocycles. The van der Waals surface area contributed by atoms with E-state index in [0.29, 0.717) is 0 Å². The maximum absolute atomic E-state index is 11.5. The molecule has 0 bridgehead atoms. The Morgan fingerprint density at radius 1 is 0.636 bits per heavy atom. The Labute approximate surface area is 130 Å². The van der Waals surface area contributed by atoms with E-state index in [0.717, 1.165) is 22.6 Å². The summed E-state index contributed by atoms with van der Waals surface area (Å²) in [5.74, 6) is 0.0810. The minimum Gasteiger partial charge on any atom is -0.311 e. The Morgan fingerprint density at radius 2 is 1.05 bits per heavy atom. The first kappa shape index (κ1) is 14.1. The van der Waals surface area contributed by atoms with Crippen LogP contribution in [0, 0.1) is 0 Å². The first-order valence-corrected chi connectivity index (χ1v) is 7.27. The summed E-state index contributed by atoms with van der Waals surface area (Å²) in [6.07, 6.45) is 0. The van der Waals surface area contributed by atoms with Gasteiger partial charge in [-0.1, -0.05) is 36.4 Å². The molecule has 0 aliphatic rings. The smallest absolute Gasteiger partial charge is 0.159 e. The molecule has 22 heavy (non-hydrogen) atoms. The molecule has 0 aromatic heterocycles. The highest BCUT2D eigenvalue weighted by Crippen LogP contribution is 2.33. The fraction of sp³-hybridized carbons (Fsp3) is 0.0500. The topological polar surface area (TPSA) is 20.3 Å². The maximum Gasteiger partial charge on any atom is 0.159 e. The third-order valence-electron chi connectivity index (χ3n) is 3.56. The van der Waals surface area contributed by atoms with Crippen LogP contribution in [0.15, 0.2) is 84.9 Å². The molecule has 0 saturated carbocycles. The van der Waals surface area contributed by atoms with Crippen LogP contribution in [0.3, 0.4) is 0 Å². The zero-order valence-electron chi connectivity index (χ0n) is 12.4. The normalized spacial score (nSPS) is 10.2. The van der Waals surface area contributed by atoms with E-state index in [4.69, 9.17) is 0 Å². The van der Waals surface area contributed by atoms with Gasteiger partial charge in [0, 0.05) is 22.6 Å². The lowest BCUT2D eigenvalue weighted by atomic mass is 10.1. The molecule has 3 aromatic rings. The summed E-state index contributed by atoms with van der Waals surface area (Å²) in [5, 5.41) is 0. The monoisotopic (exact) mass is 287 g/mol. The van der Waals surface area contributed by atoms with Crippen LogP contribution in [0.25, 0.3) is 0 Å². The third kappa shape index (κ3) is 2.91. The van der Waals surface area contributed by atoms with Crippen molar-refractivity contribution >= 4 is 22.8 Å². The zero-order valence-corrected chi connectivity index (χ0v) is 12.4. The van der Waals surface area contributed by atoms with E-state index in [1.54, 1.807) is 6.92 Å².